The van der Waals surface area contributed by atoms with Crippen molar-refractivity contribution in [2.75, 3.05) is 17.6 Å². The van der Waals surface area contributed by atoms with E-state index < -0.39 is 0 Å². The summed E-state index contributed by atoms with van der Waals surface area (Å²) in [6.07, 6.45) is 5.42. The number of nitrogen functional groups attached to an aromatic ring is 1. The molecule has 3 rings (SSSR count). The number of thiazole rings is 1. The van der Waals surface area contributed by atoms with Crippen molar-refractivity contribution in [2.24, 2.45) is 5.92 Å². The lowest BCUT2D eigenvalue weighted by atomic mass is 10.1. The highest BCUT2D eigenvalue weighted by Crippen LogP contribution is 2.38. The summed E-state index contributed by atoms with van der Waals surface area (Å²) >= 11 is 3.07. The van der Waals surface area contributed by atoms with E-state index in [9.17, 15) is 0 Å². The van der Waals surface area contributed by atoms with Crippen LogP contribution >= 0.6 is 22.9 Å². The molecule has 4 nitrogen and oxygen atoms in total. The maximum atomic E-state index is 5.99. The topological polar surface area (TPSA) is 63.8 Å². The van der Waals surface area contributed by atoms with Crippen LogP contribution in [0.5, 0.6) is 0 Å². The van der Waals surface area contributed by atoms with Crippen molar-refractivity contribution >= 4 is 33.7 Å². The van der Waals surface area contributed by atoms with E-state index in [0.717, 1.165) is 33.7 Å². The molecule has 19 heavy (non-hydrogen) atoms. The van der Waals surface area contributed by atoms with Crippen LogP contribution in [0.1, 0.15) is 31.4 Å². The normalized spacial score (nSPS) is 16.1. The van der Waals surface area contributed by atoms with Crippen molar-refractivity contribution in [1.29, 1.82) is 0 Å². The summed E-state index contributed by atoms with van der Waals surface area (Å²) in [5.74, 6) is 1.39. The van der Waals surface area contributed by atoms with Gasteiger partial charge in [-0.05, 0) is 37.2 Å². The van der Waals surface area contributed by atoms with Gasteiger partial charge in [-0.3, -0.25) is 0 Å². The first-order valence-electron chi connectivity index (χ1n) is 6.65. The van der Waals surface area contributed by atoms with Gasteiger partial charge in [-0.25, -0.2) is 4.98 Å². The highest BCUT2D eigenvalue weighted by Gasteiger charge is 2.19. The molecule has 2 heterocycles. The van der Waals surface area contributed by atoms with E-state index in [2.05, 4.69) is 14.7 Å². The van der Waals surface area contributed by atoms with Crippen molar-refractivity contribution in [3.63, 3.8) is 0 Å². The summed E-state index contributed by atoms with van der Waals surface area (Å²) < 4.78 is 4.27. The van der Waals surface area contributed by atoms with Gasteiger partial charge in [0.25, 0.3) is 0 Å². The zero-order valence-electron chi connectivity index (χ0n) is 11.0. The number of anilines is 2. The molecule has 6 heteroatoms. The number of rotatable bonds is 4. The van der Waals surface area contributed by atoms with Gasteiger partial charge in [-0.2, -0.15) is 4.37 Å². The van der Waals surface area contributed by atoms with E-state index in [1.807, 2.05) is 12.3 Å². The Hall–Kier alpha value is -1.14. The fourth-order valence-corrected chi connectivity index (χ4v) is 4.19. The van der Waals surface area contributed by atoms with Crippen molar-refractivity contribution in [3.05, 3.63) is 11.1 Å². The minimum absolute atomic E-state index is 0.591. The summed E-state index contributed by atoms with van der Waals surface area (Å²) in [5.41, 5.74) is 8.01. The van der Waals surface area contributed by atoms with Crippen LogP contribution in [0.15, 0.2) is 5.38 Å². The van der Waals surface area contributed by atoms with E-state index in [4.69, 9.17) is 5.73 Å². The molecule has 0 unspecified atom stereocenters. The average molecular weight is 294 g/mol. The number of nitrogens with two attached hydrogens (primary N) is 1. The SMILES string of the molecule is Cc1csc(-c2c(N)nsc2NCC2CCCC2)n1. The zero-order valence-corrected chi connectivity index (χ0v) is 12.6. The van der Waals surface area contributed by atoms with Crippen LogP contribution in [0.25, 0.3) is 10.6 Å². The summed E-state index contributed by atoms with van der Waals surface area (Å²) in [7, 11) is 0. The van der Waals surface area contributed by atoms with E-state index in [1.54, 1.807) is 11.3 Å². The van der Waals surface area contributed by atoms with E-state index in [1.165, 1.54) is 37.2 Å². The quantitative estimate of drug-likeness (QED) is 0.901. The maximum Gasteiger partial charge on any atom is 0.149 e. The molecule has 2 aromatic rings. The molecule has 1 saturated carbocycles. The number of aromatic nitrogens is 2. The van der Waals surface area contributed by atoms with Crippen molar-refractivity contribution in [2.45, 2.75) is 32.6 Å². The summed E-state index contributed by atoms with van der Waals surface area (Å²) in [6.45, 7) is 3.03. The van der Waals surface area contributed by atoms with Crippen molar-refractivity contribution in [3.8, 4) is 10.6 Å². The third-order valence-corrected chi connectivity index (χ3v) is 5.37. The van der Waals surface area contributed by atoms with E-state index >= 15 is 0 Å². The van der Waals surface area contributed by atoms with Gasteiger partial charge in [-0.15, -0.1) is 11.3 Å². The zero-order chi connectivity index (χ0) is 13.2. The summed E-state index contributed by atoms with van der Waals surface area (Å²) in [6, 6.07) is 0. The third-order valence-electron chi connectivity index (χ3n) is 3.58. The van der Waals surface area contributed by atoms with Crippen LogP contribution < -0.4 is 11.1 Å². The molecule has 0 amide bonds. The highest BCUT2D eigenvalue weighted by molar-refractivity contribution is 7.15. The Morgan fingerprint density at radius 3 is 2.89 bits per heavy atom. The van der Waals surface area contributed by atoms with Gasteiger partial charge in [0.05, 0.1) is 5.56 Å². The van der Waals surface area contributed by atoms with Crippen LogP contribution in [-0.4, -0.2) is 15.9 Å². The van der Waals surface area contributed by atoms with Gasteiger partial charge in [0, 0.05) is 17.6 Å². The first-order chi connectivity index (χ1) is 9.24. The van der Waals surface area contributed by atoms with Crippen LogP contribution in [-0.2, 0) is 0 Å². The molecule has 1 aliphatic rings. The molecule has 3 N–H and O–H groups in total. The number of aryl methyl sites for hydroxylation is 1. The fourth-order valence-electron chi connectivity index (χ4n) is 2.55. The van der Waals surface area contributed by atoms with Gasteiger partial charge in [0.15, 0.2) is 0 Å². The van der Waals surface area contributed by atoms with Gasteiger partial charge in [0.1, 0.15) is 15.8 Å². The first kappa shape index (κ1) is 12.9. The van der Waals surface area contributed by atoms with Crippen LogP contribution in [0, 0.1) is 12.8 Å². The van der Waals surface area contributed by atoms with Crippen molar-refractivity contribution < 1.29 is 0 Å². The first-order valence-corrected chi connectivity index (χ1v) is 8.31. The van der Waals surface area contributed by atoms with Crippen LogP contribution in [0.4, 0.5) is 10.8 Å². The van der Waals surface area contributed by atoms with Gasteiger partial charge in [-0.1, -0.05) is 12.8 Å². The number of hydrogen-bond acceptors (Lipinski definition) is 6. The molecule has 0 aromatic carbocycles. The second kappa shape index (κ2) is 5.46. The van der Waals surface area contributed by atoms with E-state index in [-0.39, 0.29) is 0 Å². The minimum atomic E-state index is 0.591. The Labute approximate surface area is 121 Å². The molecule has 0 aliphatic heterocycles. The molecule has 0 saturated heterocycles. The van der Waals surface area contributed by atoms with Crippen LogP contribution in [0.2, 0.25) is 0 Å². The number of hydrogen-bond donors (Lipinski definition) is 2. The molecule has 1 fully saturated rings. The molecular weight excluding hydrogens is 276 g/mol. The lowest BCUT2D eigenvalue weighted by molar-refractivity contribution is 0.580. The largest absolute Gasteiger partial charge is 0.382 e. The lowest BCUT2D eigenvalue weighted by Crippen LogP contribution is -2.10. The molecule has 1 aliphatic carbocycles. The number of nitrogens with one attached hydrogen (secondary N) is 1. The molecule has 0 spiro atoms. The fraction of sp³-hybridized carbons (Fsp3) is 0.538. The van der Waals surface area contributed by atoms with Gasteiger partial charge < -0.3 is 11.1 Å². The highest BCUT2D eigenvalue weighted by atomic mass is 32.1. The lowest BCUT2D eigenvalue weighted by Gasteiger charge is -2.10. The molecule has 0 radical (unpaired) electrons. The van der Waals surface area contributed by atoms with Gasteiger partial charge >= 0.3 is 0 Å². The second-order valence-corrected chi connectivity index (χ2v) is 6.73. The predicted octanol–water partition coefficient (Wildman–Crippen LogP) is 3.76. The Balaban J connectivity index is 1.78. The summed E-state index contributed by atoms with van der Waals surface area (Å²) in [5, 5.41) is 7.61. The molecule has 102 valence electrons. The van der Waals surface area contributed by atoms with Crippen molar-refractivity contribution in [1.82, 2.24) is 9.36 Å². The third kappa shape index (κ3) is 2.74. The predicted molar refractivity (Wildman–Crippen MR) is 82.8 cm³/mol. The second-order valence-electron chi connectivity index (χ2n) is 5.10. The van der Waals surface area contributed by atoms with Crippen LogP contribution in [0.3, 0.4) is 0 Å². The Bertz CT molecular complexity index is 555. The smallest absolute Gasteiger partial charge is 0.149 e. The molecule has 0 bridgehead atoms. The monoisotopic (exact) mass is 294 g/mol. The Morgan fingerprint density at radius 1 is 1.42 bits per heavy atom. The van der Waals surface area contributed by atoms with E-state index in [0.29, 0.717) is 5.82 Å². The maximum absolute atomic E-state index is 5.99. The average Bonchev–Trinajstić information content (AvgIpc) is 3.08. The Kier molecular flexibility index (Phi) is 3.70. The standard InChI is InChI=1S/C13H18N4S2/c1-8-7-18-13(16-8)10-11(14)17-19-12(10)15-6-9-4-2-3-5-9/h7,9,15H,2-6H2,1H3,(H2,14,17). The molecule has 2 aromatic heterocycles. The molecule has 0 atom stereocenters. The number of nitrogens with zero attached hydrogens (tertiary/aromatic N) is 2. The summed E-state index contributed by atoms with van der Waals surface area (Å²) in [4.78, 5) is 4.52. The Morgan fingerprint density at radius 2 is 2.21 bits per heavy atom. The minimum Gasteiger partial charge on any atom is -0.382 e. The molecular formula is C13H18N4S2. The van der Waals surface area contributed by atoms with Gasteiger partial charge in [0.2, 0.25) is 0 Å².